The largest absolute Gasteiger partial charge is 0.490 e. The van der Waals surface area contributed by atoms with Gasteiger partial charge in [0.25, 0.3) is 0 Å². The highest BCUT2D eigenvalue weighted by molar-refractivity contribution is 6.04. The Morgan fingerprint density at radius 2 is 1.85 bits per heavy atom. The fourth-order valence-corrected chi connectivity index (χ4v) is 3.27. The summed E-state index contributed by atoms with van der Waals surface area (Å²) in [6, 6.07) is 11.7. The van der Waals surface area contributed by atoms with Crippen molar-refractivity contribution in [3.63, 3.8) is 0 Å². The number of nitrogens with one attached hydrogen (secondary N) is 1. The van der Waals surface area contributed by atoms with E-state index in [9.17, 15) is 0 Å². The van der Waals surface area contributed by atoms with E-state index in [2.05, 4.69) is 15.1 Å². The molecule has 0 spiro atoms. The van der Waals surface area contributed by atoms with Gasteiger partial charge in [-0.15, -0.1) is 0 Å². The van der Waals surface area contributed by atoms with Crippen molar-refractivity contribution in [1.29, 1.82) is 0 Å². The first-order valence-electron chi connectivity index (χ1n) is 8.78. The van der Waals surface area contributed by atoms with E-state index in [-0.39, 0.29) is 0 Å². The van der Waals surface area contributed by atoms with Crippen molar-refractivity contribution in [2.45, 2.75) is 0 Å². The van der Waals surface area contributed by atoms with Crippen LogP contribution >= 0.6 is 0 Å². The molecule has 1 aliphatic rings. The number of nitrogens with zero attached hydrogens (tertiary/aromatic N) is 2. The maximum Gasteiger partial charge on any atom is 0.153 e. The first kappa shape index (κ1) is 16.7. The van der Waals surface area contributed by atoms with Gasteiger partial charge in [-0.2, -0.15) is 5.10 Å². The molecule has 2 heterocycles. The molecule has 7 heteroatoms. The van der Waals surface area contributed by atoms with E-state index in [1.54, 1.807) is 0 Å². The summed E-state index contributed by atoms with van der Waals surface area (Å²) in [4.78, 5) is 2.34. The van der Waals surface area contributed by atoms with Crippen molar-refractivity contribution in [1.82, 2.24) is 15.1 Å². The second-order valence-electron chi connectivity index (χ2n) is 6.39. The Bertz CT molecular complexity index is 885. The third-order valence-electron chi connectivity index (χ3n) is 4.70. The van der Waals surface area contributed by atoms with E-state index in [0.717, 1.165) is 66.3 Å². The average molecular weight is 353 g/mol. The number of aromatic nitrogens is 2. The summed E-state index contributed by atoms with van der Waals surface area (Å²) in [5, 5.41) is 8.06. The zero-order valence-corrected chi connectivity index (χ0v) is 14.6. The number of hydrogen-bond donors (Lipinski definition) is 3. The molecule has 5 N–H and O–H groups in total. The normalized spacial score (nSPS) is 15.4. The van der Waals surface area contributed by atoms with Gasteiger partial charge in [0.1, 0.15) is 17.9 Å². The molecule has 26 heavy (non-hydrogen) atoms. The van der Waals surface area contributed by atoms with Crippen molar-refractivity contribution >= 4 is 22.4 Å². The van der Waals surface area contributed by atoms with Gasteiger partial charge in [-0.3, -0.25) is 10.00 Å². The van der Waals surface area contributed by atoms with Crippen molar-refractivity contribution in [2.75, 3.05) is 50.9 Å². The Morgan fingerprint density at radius 3 is 2.62 bits per heavy atom. The molecule has 1 aliphatic heterocycles. The molecule has 4 rings (SSSR count). The second kappa shape index (κ2) is 7.23. The number of aromatic amines is 1. The lowest BCUT2D eigenvalue weighted by atomic mass is 10.0. The van der Waals surface area contributed by atoms with E-state index >= 15 is 0 Å². The predicted octanol–water partition coefficient (Wildman–Crippen LogP) is 2.11. The molecule has 1 fully saturated rings. The number of rotatable bonds is 5. The fourth-order valence-electron chi connectivity index (χ4n) is 3.27. The molecular formula is C19H23N5O2. The maximum absolute atomic E-state index is 6.11. The van der Waals surface area contributed by atoms with E-state index in [1.807, 2.05) is 36.4 Å². The molecule has 0 amide bonds. The number of benzene rings is 2. The number of nitrogens with two attached hydrogens (primary N) is 2. The Morgan fingerprint density at radius 1 is 1.08 bits per heavy atom. The van der Waals surface area contributed by atoms with Crippen LogP contribution in [0.3, 0.4) is 0 Å². The minimum atomic E-state index is 0.463. The van der Waals surface area contributed by atoms with Gasteiger partial charge in [0.15, 0.2) is 5.82 Å². The first-order valence-corrected chi connectivity index (χ1v) is 8.78. The minimum absolute atomic E-state index is 0.463. The van der Waals surface area contributed by atoms with Crippen molar-refractivity contribution < 1.29 is 9.47 Å². The molecular weight excluding hydrogens is 330 g/mol. The average Bonchev–Trinajstić information content (AvgIpc) is 3.06. The summed E-state index contributed by atoms with van der Waals surface area (Å²) < 4.78 is 11.4. The highest BCUT2D eigenvalue weighted by Gasteiger charge is 2.15. The topological polar surface area (TPSA) is 102 Å². The smallest absolute Gasteiger partial charge is 0.153 e. The number of fused-ring (bicyclic) bond motifs is 1. The van der Waals surface area contributed by atoms with Gasteiger partial charge in [-0.25, -0.2) is 0 Å². The van der Waals surface area contributed by atoms with Crippen LogP contribution in [0.5, 0.6) is 5.75 Å². The van der Waals surface area contributed by atoms with Gasteiger partial charge < -0.3 is 20.9 Å². The van der Waals surface area contributed by atoms with Crippen LogP contribution in [0.1, 0.15) is 0 Å². The predicted molar refractivity (Wildman–Crippen MR) is 103 cm³/mol. The van der Waals surface area contributed by atoms with Crippen LogP contribution in [-0.4, -0.2) is 54.6 Å². The van der Waals surface area contributed by atoms with Crippen molar-refractivity contribution in [3.8, 4) is 16.9 Å². The van der Waals surface area contributed by atoms with Gasteiger partial charge in [-0.05, 0) is 35.4 Å². The monoisotopic (exact) mass is 353 g/mol. The van der Waals surface area contributed by atoms with Crippen LogP contribution in [0.2, 0.25) is 0 Å². The molecule has 136 valence electrons. The highest BCUT2D eigenvalue weighted by atomic mass is 16.5. The molecule has 0 saturated carbocycles. The molecule has 0 unspecified atom stereocenters. The van der Waals surface area contributed by atoms with Gasteiger partial charge in [0.2, 0.25) is 0 Å². The molecule has 0 atom stereocenters. The number of H-pyrrole nitrogens is 1. The van der Waals surface area contributed by atoms with E-state index in [1.165, 1.54) is 0 Å². The summed E-state index contributed by atoms with van der Waals surface area (Å²) in [5.74, 6) is 1.22. The Hall–Kier alpha value is -2.77. The number of morpholine rings is 1. The van der Waals surface area contributed by atoms with Crippen LogP contribution in [0.4, 0.5) is 11.5 Å². The van der Waals surface area contributed by atoms with E-state index in [0.29, 0.717) is 12.4 Å². The highest BCUT2D eigenvalue weighted by Crippen LogP contribution is 2.36. The molecule has 1 saturated heterocycles. The zero-order chi connectivity index (χ0) is 17.9. The molecule has 0 radical (unpaired) electrons. The van der Waals surface area contributed by atoms with Gasteiger partial charge in [0.05, 0.1) is 18.6 Å². The lowest BCUT2D eigenvalue weighted by molar-refractivity contribution is 0.0323. The standard InChI is InChI=1S/C19H23N5O2/c20-14-3-1-13(2-4-14)15-5-6-16(18-17(15)19(21)23-22-18)26-12-9-24-7-10-25-11-8-24/h1-6H,7-12,20H2,(H3,21,22,23). The molecule has 3 aromatic rings. The summed E-state index contributed by atoms with van der Waals surface area (Å²) in [6.45, 7) is 4.95. The Kier molecular flexibility index (Phi) is 4.64. The van der Waals surface area contributed by atoms with Crippen LogP contribution in [0.15, 0.2) is 36.4 Å². The Balaban J connectivity index is 1.57. The third kappa shape index (κ3) is 3.31. The van der Waals surface area contributed by atoms with E-state index in [4.69, 9.17) is 20.9 Å². The van der Waals surface area contributed by atoms with Crippen molar-refractivity contribution in [2.24, 2.45) is 0 Å². The number of nitrogen functional groups attached to an aromatic ring is 2. The van der Waals surface area contributed by atoms with Crippen LogP contribution in [-0.2, 0) is 4.74 Å². The number of ether oxygens (including phenoxy) is 2. The van der Waals surface area contributed by atoms with Gasteiger partial charge in [0, 0.05) is 25.3 Å². The summed E-state index contributed by atoms with van der Waals surface area (Å²) >= 11 is 0. The summed E-state index contributed by atoms with van der Waals surface area (Å²) in [6.07, 6.45) is 0. The first-order chi connectivity index (χ1) is 12.7. The SMILES string of the molecule is Nc1ccc(-c2ccc(OCCN3CCOCC3)c3[nH]nc(N)c23)cc1. The second-order valence-corrected chi connectivity index (χ2v) is 6.39. The van der Waals surface area contributed by atoms with Crippen LogP contribution < -0.4 is 16.2 Å². The molecule has 2 aromatic carbocycles. The third-order valence-corrected chi connectivity index (χ3v) is 4.70. The number of anilines is 2. The van der Waals surface area contributed by atoms with Gasteiger partial charge >= 0.3 is 0 Å². The van der Waals surface area contributed by atoms with Crippen molar-refractivity contribution in [3.05, 3.63) is 36.4 Å². The molecule has 0 aliphatic carbocycles. The van der Waals surface area contributed by atoms with Crippen LogP contribution in [0, 0.1) is 0 Å². The van der Waals surface area contributed by atoms with Crippen LogP contribution in [0.25, 0.3) is 22.0 Å². The number of hydrogen-bond acceptors (Lipinski definition) is 6. The summed E-state index contributed by atoms with van der Waals surface area (Å²) in [7, 11) is 0. The van der Waals surface area contributed by atoms with E-state index < -0.39 is 0 Å². The quantitative estimate of drug-likeness (QED) is 0.607. The molecule has 1 aromatic heterocycles. The van der Waals surface area contributed by atoms with Gasteiger partial charge in [-0.1, -0.05) is 12.1 Å². The lowest BCUT2D eigenvalue weighted by Crippen LogP contribution is -2.38. The Labute approximate surface area is 151 Å². The molecule has 0 bridgehead atoms. The maximum atomic E-state index is 6.11. The minimum Gasteiger partial charge on any atom is -0.490 e. The zero-order valence-electron chi connectivity index (χ0n) is 14.6. The lowest BCUT2D eigenvalue weighted by Gasteiger charge is -2.26. The molecule has 7 nitrogen and oxygen atoms in total. The summed E-state index contributed by atoms with van der Waals surface area (Å²) in [5.41, 5.74) is 15.5. The fraction of sp³-hybridized carbons (Fsp3) is 0.316.